The van der Waals surface area contributed by atoms with Crippen molar-refractivity contribution in [2.45, 2.75) is 19.6 Å². The van der Waals surface area contributed by atoms with Gasteiger partial charge in [-0.2, -0.15) is 0 Å². The van der Waals surface area contributed by atoms with E-state index in [-0.39, 0.29) is 0 Å². The van der Waals surface area contributed by atoms with Crippen molar-refractivity contribution in [1.29, 1.82) is 0 Å². The highest BCUT2D eigenvalue weighted by Gasteiger charge is 1.98. The molecule has 2 aromatic carbocycles. The van der Waals surface area contributed by atoms with Gasteiger partial charge >= 0.3 is 0 Å². The maximum absolute atomic E-state index is 5.76. The van der Waals surface area contributed by atoms with Crippen LogP contribution < -0.4 is 10.1 Å². The molecule has 2 aromatic rings. The predicted octanol–water partition coefficient (Wildman–Crippen LogP) is 3.17. The number of hydrogen-bond acceptors (Lipinski definition) is 3. The van der Waals surface area contributed by atoms with Crippen LogP contribution in [-0.4, -0.2) is 20.7 Å². The van der Waals surface area contributed by atoms with Crippen molar-refractivity contribution in [2.24, 2.45) is 0 Å². The van der Waals surface area contributed by atoms with Gasteiger partial charge in [0.25, 0.3) is 0 Å². The second kappa shape index (κ2) is 8.45. The van der Waals surface area contributed by atoms with Crippen molar-refractivity contribution in [3.05, 3.63) is 65.2 Å². The summed E-state index contributed by atoms with van der Waals surface area (Å²) in [7, 11) is 3.65. The van der Waals surface area contributed by atoms with Gasteiger partial charge in [0, 0.05) is 0 Å². The Bertz CT molecular complexity index is 537. The Morgan fingerprint density at radius 3 is 2.33 bits per heavy atom. The summed E-state index contributed by atoms with van der Waals surface area (Å²) in [5.74, 6) is 0.866. The fourth-order valence-corrected chi connectivity index (χ4v) is 2.12. The van der Waals surface area contributed by atoms with Gasteiger partial charge in [-0.1, -0.05) is 36.4 Å². The molecule has 0 saturated carbocycles. The van der Waals surface area contributed by atoms with Gasteiger partial charge in [-0.25, -0.2) is 0 Å². The monoisotopic (exact) mass is 285 g/mol. The third kappa shape index (κ3) is 5.21. The van der Waals surface area contributed by atoms with Gasteiger partial charge in [-0.3, -0.25) is 0 Å². The van der Waals surface area contributed by atoms with E-state index in [0.29, 0.717) is 13.2 Å². The first-order valence-corrected chi connectivity index (χ1v) is 7.25. The number of rotatable bonds is 8. The maximum atomic E-state index is 5.76. The summed E-state index contributed by atoms with van der Waals surface area (Å²) in [6.45, 7) is 2.23. The van der Waals surface area contributed by atoms with Crippen LogP contribution in [0.1, 0.15) is 16.7 Å². The van der Waals surface area contributed by atoms with Crippen LogP contribution in [0.15, 0.2) is 48.5 Å². The molecule has 3 nitrogen and oxygen atoms in total. The van der Waals surface area contributed by atoms with E-state index >= 15 is 0 Å². The zero-order valence-electron chi connectivity index (χ0n) is 12.8. The molecule has 0 radical (unpaired) electrons. The first-order chi connectivity index (χ1) is 10.3. The van der Waals surface area contributed by atoms with Crippen LogP contribution in [-0.2, 0) is 24.4 Å². The summed E-state index contributed by atoms with van der Waals surface area (Å²) in [5.41, 5.74) is 3.67. The normalized spacial score (nSPS) is 10.6. The van der Waals surface area contributed by atoms with Crippen LogP contribution in [0.5, 0.6) is 5.75 Å². The van der Waals surface area contributed by atoms with E-state index in [1.165, 1.54) is 11.1 Å². The van der Waals surface area contributed by atoms with Crippen molar-refractivity contribution < 1.29 is 9.47 Å². The SMILES string of the molecule is CNCCc1ccc(COCc2cccc(OC)c2)cc1. The number of hydrogen-bond donors (Lipinski definition) is 1. The summed E-state index contributed by atoms with van der Waals surface area (Å²) in [5, 5.41) is 3.16. The lowest BCUT2D eigenvalue weighted by atomic mass is 10.1. The summed E-state index contributed by atoms with van der Waals surface area (Å²) < 4.78 is 11.0. The van der Waals surface area contributed by atoms with Crippen LogP contribution in [0.2, 0.25) is 0 Å². The Labute approximate surface area is 126 Å². The van der Waals surface area contributed by atoms with Gasteiger partial charge in [0.2, 0.25) is 0 Å². The molecule has 0 bridgehead atoms. The number of nitrogens with one attached hydrogen (secondary N) is 1. The smallest absolute Gasteiger partial charge is 0.119 e. The molecule has 0 fully saturated rings. The van der Waals surface area contributed by atoms with Gasteiger partial charge < -0.3 is 14.8 Å². The number of methoxy groups -OCH3 is 1. The second-order valence-electron chi connectivity index (χ2n) is 5.01. The molecule has 1 N–H and O–H groups in total. The largest absolute Gasteiger partial charge is 0.497 e. The molecule has 112 valence electrons. The van der Waals surface area contributed by atoms with Crippen molar-refractivity contribution in [3.8, 4) is 5.75 Å². The lowest BCUT2D eigenvalue weighted by Crippen LogP contribution is -2.10. The van der Waals surface area contributed by atoms with E-state index in [1.807, 2.05) is 31.3 Å². The zero-order chi connectivity index (χ0) is 14.9. The van der Waals surface area contributed by atoms with Crippen molar-refractivity contribution in [2.75, 3.05) is 20.7 Å². The second-order valence-corrected chi connectivity index (χ2v) is 5.01. The fraction of sp³-hybridized carbons (Fsp3) is 0.333. The van der Waals surface area contributed by atoms with E-state index in [1.54, 1.807) is 7.11 Å². The van der Waals surface area contributed by atoms with E-state index in [2.05, 4.69) is 29.6 Å². The minimum atomic E-state index is 0.596. The minimum Gasteiger partial charge on any atom is -0.497 e. The Kier molecular flexibility index (Phi) is 6.25. The Morgan fingerprint density at radius 2 is 1.62 bits per heavy atom. The molecular formula is C18H23NO2. The van der Waals surface area contributed by atoms with Gasteiger partial charge in [-0.15, -0.1) is 0 Å². The zero-order valence-corrected chi connectivity index (χ0v) is 12.8. The third-order valence-electron chi connectivity index (χ3n) is 3.36. The molecule has 0 spiro atoms. The quantitative estimate of drug-likeness (QED) is 0.808. The molecule has 21 heavy (non-hydrogen) atoms. The molecule has 0 heterocycles. The lowest BCUT2D eigenvalue weighted by Gasteiger charge is -2.07. The van der Waals surface area contributed by atoms with Crippen LogP contribution in [0.4, 0.5) is 0 Å². The van der Waals surface area contributed by atoms with E-state index < -0.39 is 0 Å². The predicted molar refractivity (Wildman–Crippen MR) is 85.6 cm³/mol. The van der Waals surface area contributed by atoms with Crippen molar-refractivity contribution >= 4 is 0 Å². The molecule has 0 saturated heterocycles. The van der Waals surface area contributed by atoms with Gasteiger partial charge in [0.1, 0.15) is 5.75 Å². The van der Waals surface area contributed by atoms with Gasteiger partial charge in [0.05, 0.1) is 20.3 Å². The molecule has 0 atom stereocenters. The van der Waals surface area contributed by atoms with Crippen molar-refractivity contribution in [3.63, 3.8) is 0 Å². The van der Waals surface area contributed by atoms with Gasteiger partial charge in [-0.05, 0) is 48.8 Å². The summed E-state index contributed by atoms with van der Waals surface area (Å²) in [6.07, 6.45) is 1.06. The van der Waals surface area contributed by atoms with E-state index in [0.717, 1.165) is 24.3 Å². The lowest BCUT2D eigenvalue weighted by molar-refractivity contribution is 0.107. The molecule has 0 aliphatic rings. The average molecular weight is 285 g/mol. The Balaban J connectivity index is 1.80. The molecule has 0 unspecified atom stereocenters. The molecule has 2 rings (SSSR count). The average Bonchev–Trinajstić information content (AvgIpc) is 2.54. The molecule has 0 aliphatic carbocycles. The fourth-order valence-electron chi connectivity index (χ4n) is 2.12. The highest BCUT2D eigenvalue weighted by Crippen LogP contribution is 2.14. The summed E-state index contributed by atoms with van der Waals surface area (Å²) >= 11 is 0. The standard InChI is InChI=1S/C18H23NO2/c1-19-11-10-15-6-8-16(9-7-15)13-21-14-17-4-3-5-18(12-17)20-2/h3-9,12,19H,10-11,13-14H2,1-2H3. The van der Waals surface area contributed by atoms with E-state index in [9.17, 15) is 0 Å². The van der Waals surface area contributed by atoms with Crippen molar-refractivity contribution in [1.82, 2.24) is 5.32 Å². The molecular weight excluding hydrogens is 262 g/mol. The topological polar surface area (TPSA) is 30.5 Å². The molecule has 0 amide bonds. The number of likely N-dealkylation sites (N-methyl/N-ethyl adjacent to an activating group) is 1. The van der Waals surface area contributed by atoms with Crippen LogP contribution in [0.25, 0.3) is 0 Å². The molecule has 0 aliphatic heterocycles. The summed E-state index contributed by atoms with van der Waals surface area (Å²) in [6, 6.07) is 16.6. The molecule has 0 aromatic heterocycles. The molecule has 3 heteroatoms. The first-order valence-electron chi connectivity index (χ1n) is 7.25. The highest BCUT2D eigenvalue weighted by molar-refractivity contribution is 5.28. The summed E-state index contributed by atoms with van der Waals surface area (Å²) in [4.78, 5) is 0. The van der Waals surface area contributed by atoms with E-state index in [4.69, 9.17) is 9.47 Å². The Morgan fingerprint density at radius 1 is 0.905 bits per heavy atom. The van der Waals surface area contributed by atoms with Crippen LogP contribution >= 0.6 is 0 Å². The third-order valence-corrected chi connectivity index (χ3v) is 3.36. The van der Waals surface area contributed by atoms with Crippen LogP contribution in [0.3, 0.4) is 0 Å². The van der Waals surface area contributed by atoms with Gasteiger partial charge in [0.15, 0.2) is 0 Å². The highest BCUT2D eigenvalue weighted by atomic mass is 16.5. The minimum absolute atomic E-state index is 0.596. The first kappa shape index (κ1) is 15.5. The number of ether oxygens (including phenoxy) is 2. The maximum Gasteiger partial charge on any atom is 0.119 e. The number of benzene rings is 2. The Hall–Kier alpha value is -1.84. The van der Waals surface area contributed by atoms with Crippen LogP contribution in [0, 0.1) is 0 Å².